The molecule has 1 N–H and O–H groups in total. The number of fused-ring (bicyclic) bond motifs is 1. The maximum atomic E-state index is 4.11. The molecule has 0 aliphatic heterocycles. The van der Waals surface area contributed by atoms with E-state index in [1.54, 1.807) is 6.33 Å². The average Bonchev–Trinajstić information content (AvgIpc) is 2.80. The van der Waals surface area contributed by atoms with Gasteiger partial charge in [0.25, 0.3) is 0 Å². The van der Waals surface area contributed by atoms with Gasteiger partial charge in [0.05, 0.1) is 17.4 Å². The van der Waals surface area contributed by atoms with Crippen LogP contribution >= 0.6 is 31.9 Å². The highest BCUT2D eigenvalue weighted by molar-refractivity contribution is 9.13. The van der Waals surface area contributed by atoms with E-state index < -0.39 is 0 Å². The van der Waals surface area contributed by atoms with Crippen LogP contribution in [0.2, 0.25) is 0 Å². The number of benzene rings is 2. The quantitative estimate of drug-likeness (QED) is 0.619. The largest absolute Gasteiger partial charge is 0.345 e. The first-order valence-corrected chi connectivity index (χ1v) is 6.64. The van der Waals surface area contributed by atoms with Gasteiger partial charge in [-0.3, -0.25) is 0 Å². The first-order valence-electron chi connectivity index (χ1n) is 5.05. The van der Waals surface area contributed by atoms with Gasteiger partial charge < -0.3 is 4.98 Å². The van der Waals surface area contributed by atoms with Crippen LogP contribution in [0.4, 0.5) is 0 Å². The van der Waals surface area contributed by atoms with Crippen molar-refractivity contribution in [3.05, 3.63) is 63.8 Å². The molecule has 86 valence electrons. The SMILES string of the molecule is Brc1cc2nc[nH]c2cc1Br.c1ccccc1. The highest BCUT2D eigenvalue weighted by atomic mass is 79.9. The van der Waals surface area contributed by atoms with E-state index in [2.05, 4.69) is 41.8 Å². The van der Waals surface area contributed by atoms with Crippen molar-refractivity contribution in [1.29, 1.82) is 0 Å². The van der Waals surface area contributed by atoms with Crippen LogP contribution < -0.4 is 0 Å². The smallest absolute Gasteiger partial charge is 0.0931 e. The number of aromatic amines is 1. The Bertz CT molecular complexity index is 528. The molecule has 0 fully saturated rings. The molecule has 17 heavy (non-hydrogen) atoms. The third-order valence-electron chi connectivity index (χ3n) is 2.13. The standard InChI is InChI=1S/C7H4Br2N2.C6H6/c8-4-1-6-7(2-5(4)9)11-3-10-6;1-2-4-6-5-3-1/h1-3H,(H,10,11);1-6H. The highest BCUT2D eigenvalue weighted by Gasteiger charge is 2.00. The maximum Gasteiger partial charge on any atom is 0.0931 e. The summed E-state index contributed by atoms with van der Waals surface area (Å²) in [7, 11) is 0. The Morgan fingerprint density at radius 2 is 1.35 bits per heavy atom. The predicted octanol–water partition coefficient (Wildman–Crippen LogP) is 4.77. The average molecular weight is 354 g/mol. The number of hydrogen-bond donors (Lipinski definition) is 1. The van der Waals surface area contributed by atoms with Gasteiger partial charge in [0.15, 0.2) is 0 Å². The molecule has 3 rings (SSSR count). The van der Waals surface area contributed by atoms with Crippen molar-refractivity contribution in [3.8, 4) is 0 Å². The van der Waals surface area contributed by atoms with Crippen molar-refractivity contribution in [3.63, 3.8) is 0 Å². The Labute approximate surface area is 116 Å². The van der Waals surface area contributed by atoms with Crippen molar-refractivity contribution in [2.24, 2.45) is 0 Å². The minimum absolute atomic E-state index is 0.972. The predicted molar refractivity (Wildman–Crippen MR) is 77.9 cm³/mol. The van der Waals surface area contributed by atoms with Gasteiger partial charge >= 0.3 is 0 Å². The molecule has 2 nitrogen and oxygen atoms in total. The van der Waals surface area contributed by atoms with Crippen LogP contribution in [0, 0.1) is 0 Å². The molecule has 0 saturated heterocycles. The molecule has 0 saturated carbocycles. The zero-order valence-corrected chi connectivity index (χ0v) is 12.1. The number of rotatable bonds is 0. The molecular formula is C13H10Br2N2. The molecule has 0 spiro atoms. The molecule has 0 radical (unpaired) electrons. The van der Waals surface area contributed by atoms with Gasteiger partial charge in [0, 0.05) is 8.95 Å². The number of nitrogens with one attached hydrogen (secondary N) is 1. The fourth-order valence-corrected chi connectivity index (χ4v) is 1.99. The normalized spacial score (nSPS) is 9.76. The summed E-state index contributed by atoms with van der Waals surface area (Å²) in [5.41, 5.74) is 2.01. The lowest BCUT2D eigenvalue weighted by Crippen LogP contribution is -1.71. The number of imidazole rings is 1. The fraction of sp³-hybridized carbons (Fsp3) is 0. The van der Waals surface area contributed by atoms with E-state index in [4.69, 9.17) is 0 Å². The highest BCUT2D eigenvalue weighted by Crippen LogP contribution is 2.26. The second-order valence-corrected chi connectivity index (χ2v) is 5.05. The van der Waals surface area contributed by atoms with Gasteiger partial charge in [-0.2, -0.15) is 0 Å². The lowest BCUT2D eigenvalue weighted by molar-refractivity contribution is 1.34. The number of hydrogen-bond acceptors (Lipinski definition) is 1. The van der Waals surface area contributed by atoms with Crippen molar-refractivity contribution >= 4 is 42.9 Å². The van der Waals surface area contributed by atoms with Crippen LogP contribution in [0.25, 0.3) is 11.0 Å². The van der Waals surface area contributed by atoms with Gasteiger partial charge in [-0.05, 0) is 44.0 Å². The summed E-state index contributed by atoms with van der Waals surface area (Å²) in [5, 5.41) is 0. The lowest BCUT2D eigenvalue weighted by atomic mass is 10.3. The van der Waals surface area contributed by atoms with Crippen LogP contribution in [-0.2, 0) is 0 Å². The molecule has 0 aliphatic rings. The molecule has 0 bridgehead atoms. The summed E-state index contributed by atoms with van der Waals surface area (Å²) in [6, 6.07) is 16.0. The van der Waals surface area contributed by atoms with Crippen LogP contribution in [0.15, 0.2) is 63.8 Å². The summed E-state index contributed by atoms with van der Waals surface area (Å²) < 4.78 is 2.06. The van der Waals surface area contributed by atoms with E-state index >= 15 is 0 Å². The minimum atomic E-state index is 0.972. The van der Waals surface area contributed by atoms with E-state index in [1.165, 1.54) is 0 Å². The van der Waals surface area contributed by atoms with Crippen molar-refractivity contribution < 1.29 is 0 Å². The molecule has 1 heterocycles. The molecule has 3 aromatic rings. The second-order valence-electron chi connectivity index (χ2n) is 3.34. The Hall–Kier alpha value is -1.13. The summed E-state index contributed by atoms with van der Waals surface area (Å²) in [5.74, 6) is 0. The summed E-state index contributed by atoms with van der Waals surface area (Å²) in [4.78, 5) is 7.14. The molecule has 1 aromatic heterocycles. The summed E-state index contributed by atoms with van der Waals surface area (Å²) >= 11 is 6.81. The molecular weight excluding hydrogens is 344 g/mol. The molecule has 2 aromatic carbocycles. The van der Waals surface area contributed by atoms with E-state index in [0.29, 0.717) is 0 Å². The second kappa shape index (κ2) is 5.98. The topological polar surface area (TPSA) is 28.7 Å². The Kier molecular flexibility index (Phi) is 4.34. The summed E-state index contributed by atoms with van der Waals surface area (Å²) in [6.45, 7) is 0. The minimum Gasteiger partial charge on any atom is -0.345 e. The van der Waals surface area contributed by atoms with Crippen LogP contribution in [0.3, 0.4) is 0 Å². The molecule has 0 amide bonds. The van der Waals surface area contributed by atoms with Gasteiger partial charge in [0.2, 0.25) is 0 Å². The zero-order valence-electron chi connectivity index (χ0n) is 8.90. The van der Waals surface area contributed by atoms with Crippen LogP contribution in [0.1, 0.15) is 0 Å². The number of halogens is 2. The third-order valence-corrected chi connectivity index (χ3v) is 3.97. The van der Waals surface area contributed by atoms with Gasteiger partial charge in [-0.15, -0.1) is 0 Å². The van der Waals surface area contributed by atoms with Crippen LogP contribution in [0.5, 0.6) is 0 Å². The first kappa shape index (κ1) is 12.3. The van der Waals surface area contributed by atoms with Crippen molar-refractivity contribution in [1.82, 2.24) is 9.97 Å². The monoisotopic (exact) mass is 352 g/mol. The Morgan fingerprint density at radius 3 is 1.94 bits per heavy atom. The molecule has 4 heteroatoms. The van der Waals surface area contributed by atoms with Crippen LogP contribution in [-0.4, -0.2) is 9.97 Å². The van der Waals surface area contributed by atoms with E-state index in [9.17, 15) is 0 Å². The molecule has 0 atom stereocenters. The molecule has 0 aliphatic carbocycles. The van der Waals surface area contributed by atoms with E-state index in [0.717, 1.165) is 20.0 Å². The lowest BCUT2D eigenvalue weighted by Gasteiger charge is -1.93. The van der Waals surface area contributed by atoms with Crippen molar-refractivity contribution in [2.75, 3.05) is 0 Å². The fourth-order valence-electron chi connectivity index (χ4n) is 1.32. The number of nitrogens with zero attached hydrogens (tertiary/aromatic N) is 1. The van der Waals surface area contributed by atoms with Gasteiger partial charge in [-0.1, -0.05) is 36.4 Å². The maximum absolute atomic E-state index is 4.11. The van der Waals surface area contributed by atoms with Crippen molar-refractivity contribution in [2.45, 2.75) is 0 Å². The van der Waals surface area contributed by atoms with E-state index in [1.807, 2.05) is 48.5 Å². The van der Waals surface area contributed by atoms with Gasteiger partial charge in [-0.25, -0.2) is 4.98 Å². The Balaban J connectivity index is 0.000000153. The van der Waals surface area contributed by atoms with Gasteiger partial charge in [0.1, 0.15) is 0 Å². The number of aromatic nitrogens is 2. The number of H-pyrrole nitrogens is 1. The zero-order chi connectivity index (χ0) is 12.1. The van der Waals surface area contributed by atoms with E-state index in [-0.39, 0.29) is 0 Å². The first-order chi connectivity index (χ1) is 8.27. The third kappa shape index (κ3) is 3.41. The summed E-state index contributed by atoms with van der Waals surface area (Å²) in [6.07, 6.45) is 1.68. The molecule has 0 unspecified atom stereocenters. The Morgan fingerprint density at radius 1 is 0.824 bits per heavy atom.